The Morgan fingerprint density at radius 2 is 1.83 bits per heavy atom. The molecule has 5 unspecified atom stereocenters. The molecule has 1 heteroatoms. The van der Waals surface area contributed by atoms with Crippen molar-refractivity contribution in [3.63, 3.8) is 0 Å². The van der Waals surface area contributed by atoms with Gasteiger partial charge in [-0.15, -0.1) is 0 Å². The van der Waals surface area contributed by atoms with E-state index in [-0.39, 0.29) is 0 Å². The third-order valence-electron chi connectivity index (χ3n) is 4.78. The molecule has 2 aliphatic carbocycles. The fourth-order valence-electron chi connectivity index (χ4n) is 3.75. The number of benzene rings is 1. The lowest BCUT2D eigenvalue weighted by molar-refractivity contribution is 0.307. The second-order valence-corrected chi connectivity index (χ2v) is 6.03. The molecule has 2 bridgehead atoms. The molecule has 1 aromatic carbocycles. The van der Waals surface area contributed by atoms with E-state index in [1.807, 2.05) is 0 Å². The first-order chi connectivity index (χ1) is 8.74. The maximum Gasteiger partial charge on any atom is 0.0294 e. The van der Waals surface area contributed by atoms with Crippen LogP contribution in [0, 0.1) is 17.8 Å². The zero-order valence-corrected chi connectivity index (χ0v) is 11.3. The minimum absolute atomic E-state index is 0.448. The van der Waals surface area contributed by atoms with Gasteiger partial charge in [-0.3, -0.25) is 0 Å². The van der Waals surface area contributed by atoms with Crippen molar-refractivity contribution in [3.05, 3.63) is 48.0 Å². The molecule has 5 atom stereocenters. The Morgan fingerprint density at radius 3 is 2.44 bits per heavy atom. The number of hydrogen-bond donors (Lipinski definition) is 1. The number of allylic oxidation sites excluding steroid dienone is 2. The highest BCUT2D eigenvalue weighted by Gasteiger charge is 2.38. The first-order valence-electron chi connectivity index (χ1n) is 7.23. The van der Waals surface area contributed by atoms with Gasteiger partial charge in [-0.2, -0.15) is 0 Å². The maximum absolute atomic E-state index is 3.79. The molecule has 0 amide bonds. The van der Waals surface area contributed by atoms with Crippen LogP contribution in [0.5, 0.6) is 0 Å². The second kappa shape index (κ2) is 4.89. The van der Waals surface area contributed by atoms with E-state index in [9.17, 15) is 0 Å². The van der Waals surface area contributed by atoms with Crippen molar-refractivity contribution in [1.82, 2.24) is 5.32 Å². The maximum atomic E-state index is 3.79. The van der Waals surface area contributed by atoms with E-state index in [1.54, 1.807) is 0 Å². The van der Waals surface area contributed by atoms with E-state index in [1.165, 1.54) is 18.4 Å². The van der Waals surface area contributed by atoms with Crippen molar-refractivity contribution in [1.29, 1.82) is 0 Å². The van der Waals surface area contributed by atoms with Crippen LogP contribution in [0.4, 0.5) is 0 Å². The normalized spacial score (nSPS) is 32.7. The van der Waals surface area contributed by atoms with Gasteiger partial charge in [-0.05, 0) is 50.0 Å². The SMILES string of the molecule is CC(NC(C)C1CC2C=CC1C2)c1ccccc1. The Bertz CT molecular complexity index is 422. The van der Waals surface area contributed by atoms with Gasteiger partial charge in [0, 0.05) is 12.1 Å². The lowest BCUT2D eigenvalue weighted by Crippen LogP contribution is -2.37. The molecule has 0 aliphatic heterocycles. The van der Waals surface area contributed by atoms with Gasteiger partial charge in [-0.1, -0.05) is 42.5 Å². The van der Waals surface area contributed by atoms with Crippen LogP contribution in [0.1, 0.15) is 38.3 Å². The minimum atomic E-state index is 0.448. The fourth-order valence-corrected chi connectivity index (χ4v) is 3.75. The van der Waals surface area contributed by atoms with E-state index in [0.29, 0.717) is 12.1 Å². The molecule has 0 heterocycles. The van der Waals surface area contributed by atoms with E-state index in [2.05, 4.69) is 61.6 Å². The van der Waals surface area contributed by atoms with Crippen LogP contribution >= 0.6 is 0 Å². The fraction of sp³-hybridized carbons (Fsp3) is 0.529. The van der Waals surface area contributed by atoms with Crippen LogP contribution in [-0.4, -0.2) is 6.04 Å². The zero-order chi connectivity index (χ0) is 12.5. The number of fused-ring (bicyclic) bond motifs is 2. The number of hydrogen-bond acceptors (Lipinski definition) is 1. The van der Waals surface area contributed by atoms with Crippen LogP contribution in [0.2, 0.25) is 0 Å². The monoisotopic (exact) mass is 241 g/mol. The summed E-state index contributed by atoms with van der Waals surface area (Å²) in [6.07, 6.45) is 7.66. The van der Waals surface area contributed by atoms with Crippen molar-refractivity contribution >= 4 is 0 Å². The zero-order valence-electron chi connectivity index (χ0n) is 11.3. The molecule has 96 valence electrons. The van der Waals surface area contributed by atoms with Gasteiger partial charge < -0.3 is 5.32 Å². The largest absolute Gasteiger partial charge is 0.307 e. The third kappa shape index (κ3) is 2.24. The molecule has 1 fully saturated rings. The van der Waals surface area contributed by atoms with Crippen LogP contribution < -0.4 is 5.32 Å². The van der Waals surface area contributed by atoms with Gasteiger partial charge in [0.2, 0.25) is 0 Å². The molecule has 18 heavy (non-hydrogen) atoms. The predicted molar refractivity (Wildman–Crippen MR) is 76.3 cm³/mol. The molecular weight excluding hydrogens is 218 g/mol. The van der Waals surface area contributed by atoms with Crippen LogP contribution in [0.15, 0.2) is 42.5 Å². The van der Waals surface area contributed by atoms with Crippen LogP contribution in [0.25, 0.3) is 0 Å². The van der Waals surface area contributed by atoms with Crippen molar-refractivity contribution in [2.45, 2.75) is 38.8 Å². The molecule has 0 saturated heterocycles. The summed E-state index contributed by atoms with van der Waals surface area (Å²) in [6.45, 7) is 4.63. The standard InChI is InChI=1S/C17H23N/c1-12(15-6-4-3-5-7-15)18-13(2)17-11-14-8-9-16(17)10-14/h3-9,12-14,16-18H,10-11H2,1-2H3. The topological polar surface area (TPSA) is 12.0 Å². The van der Waals surface area contributed by atoms with Gasteiger partial charge in [0.05, 0.1) is 0 Å². The average molecular weight is 241 g/mol. The highest BCUT2D eigenvalue weighted by atomic mass is 14.9. The summed E-state index contributed by atoms with van der Waals surface area (Å²) in [5.41, 5.74) is 1.39. The summed E-state index contributed by atoms with van der Waals surface area (Å²) >= 11 is 0. The molecule has 0 radical (unpaired) electrons. The Morgan fingerprint density at radius 1 is 1.06 bits per heavy atom. The quantitative estimate of drug-likeness (QED) is 0.787. The molecule has 3 rings (SSSR count). The smallest absolute Gasteiger partial charge is 0.0294 e. The van der Waals surface area contributed by atoms with Gasteiger partial charge >= 0.3 is 0 Å². The van der Waals surface area contributed by atoms with Gasteiger partial charge in [0.1, 0.15) is 0 Å². The summed E-state index contributed by atoms with van der Waals surface area (Å²) in [7, 11) is 0. The molecule has 1 saturated carbocycles. The summed E-state index contributed by atoms with van der Waals surface area (Å²) in [5, 5.41) is 3.79. The first-order valence-corrected chi connectivity index (χ1v) is 7.23. The second-order valence-electron chi connectivity index (χ2n) is 6.03. The van der Waals surface area contributed by atoms with Gasteiger partial charge in [-0.25, -0.2) is 0 Å². The first kappa shape index (κ1) is 12.0. The van der Waals surface area contributed by atoms with E-state index in [4.69, 9.17) is 0 Å². The lowest BCUT2D eigenvalue weighted by Gasteiger charge is -2.29. The van der Waals surface area contributed by atoms with Crippen molar-refractivity contribution in [3.8, 4) is 0 Å². The Kier molecular flexibility index (Phi) is 3.25. The van der Waals surface area contributed by atoms with E-state index >= 15 is 0 Å². The Balaban J connectivity index is 1.61. The molecule has 0 spiro atoms. The highest BCUT2D eigenvalue weighted by molar-refractivity contribution is 5.19. The lowest BCUT2D eigenvalue weighted by atomic mass is 9.87. The highest BCUT2D eigenvalue weighted by Crippen LogP contribution is 2.45. The molecular formula is C17H23N. The number of nitrogens with one attached hydrogen (secondary N) is 1. The third-order valence-corrected chi connectivity index (χ3v) is 4.78. The predicted octanol–water partition coefficient (Wildman–Crippen LogP) is 3.94. The molecule has 1 aromatic rings. The molecule has 2 aliphatic rings. The van der Waals surface area contributed by atoms with E-state index < -0.39 is 0 Å². The van der Waals surface area contributed by atoms with Gasteiger partial charge in [0.25, 0.3) is 0 Å². The van der Waals surface area contributed by atoms with Gasteiger partial charge in [0.15, 0.2) is 0 Å². The minimum Gasteiger partial charge on any atom is -0.307 e. The van der Waals surface area contributed by atoms with Crippen molar-refractivity contribution in [2.75, 3.05) is 0 Å². The molecule has 1 nitrogen and oxygen atoms in total. The summed E-state index contributed by atoms with van der Waals surface area (Å²) in [6, 6.07) is 11.8. The molecule has 1 N–H and O–H groups in total. The van der Waals surface area contributed by atoms with Crippen molar-refractivity contribution in [2.24, 2.45) is 17.8 Å². The molecule has 0 aromatic heterocycles. The summed E-state index contributed by atoms with van der Waals surface area (Å²) in [5.74, 6) is 2.54. The Labute approximate surface area is 110 Å². The van der Waals surface area contributed by atoms with Crippen LogP contribution in [-0.2, 0) is 0 Å². The summed E-state index contributed by atoms with van der Waals surface area (Å²) in [4.78, 5) is 0. The number of rotatable bonds is 4. The Hall–Kier alpha value is -1.08. The van der Waals surface area contributed by atoms with Crippen molar-refractivity contribution < 1.29 is 0 Å². The van der Waals surface area contributed by atoms with Crippen LogP contribution in [0.3, 0.4) is 0 Å². The van der Waals surface area contributed by atoms with E-state index in [0.717, 1.165) is 17.8 Å². The average Bonchev–Trinajstić information content (AvgIpc) is 3.02. The summed E-state index contributed by atoms with van der Waals surface area (Å²) < 4.78 is 0.